The van der Waals surface area contributed by atoms with Crippen LogP contribution < -0.4 is 4.74 Å². The number of aryl methyl sites for hydroxylation is 1. The van der Waals surface area contributed by atoms with Crippen molar-refractivity contribution in [1.29, 1.82) is 0 Å². The molecular weight excluding hydrogens is 372 g/mol. The Balaban J connectivity index is 1.69. The van der Waals surface area contributed by atoms with Crippen molar-refractivity contribution in [1.82, 2.24) is 9.88 Å². The standard InChI is InChI=1S/C26H30N2O2/c1-4-11-28-12-10-25(19-6-5-7-20(14-19)30-3)16-24-22(15-26(25,29)17-28)21-13-18(2)8-9-23(21)27-24/h4-9,13-14,27,29H,1,10-12,15-17H2,2-3H3. The number of aliphatic hydroxyl groups is 1. The lowest BCUT2D eigenvalue weighted by atomic mass is 9.56. The van der Waals surface area contributed by atoms with Crippen molar-refractivity contribution in [3.05, 3.63) is 77.5 Å². The van der Waals surface area contributed by atoms with Gasteiger partial charge >= 0.3 is 0 Å². The fourth-order valence-electron chi connectivity index (χ4n) is 5.80. The maximum absolute atomic E-state index is 12.3. The van der Waals surface area contributed by atoms with E-state index in [1.54, 1.807) is 7.11 Å². The first-order chi connectivity index (χ1) is 14.5. The Kier molecular flexibility index (Phi) is 4.53. The van der Waals surface area contributed by atoms with Crippen LogP contribution in [0, 0.1) is 6.92 Å². The summed E-state index contributed by atoms with van der Waals surface area (Å²) in [5, 5.41) is 13.6. The van der Waals surface area contributed by atoms with Gasteiger partial charge in [-0.2, -0.15) is 0 Å². The minimum Gasteiger partial charge on any atom is -0.497 e. The van der Waals surface area contributed by atoms with E-state index in [0.717, 1.165) is 37.2 Å². The van der Waals surface area contributed by atoms with Crippen LogP contribution in [0.25, 0.3) is 10.9 Å². The molecule has 1 saturated heterocycles. The highest BCUT2D eigenvalue weighted by Gasteiger charge is 2.57. The zero-order valence-electron chi connectivity index (χ0n) is 17.9. The number of nitrogens with one attached hydrogen (secondary N) is 1. The van der Waals surface area contributed by atoms with E-state index in [0.29, 0.717) is 13.0 Å². The van der Waals surface area contributed by atoms with Crippen LogP contribution in [0.3, 0.4) is 0 Å². The summed E-state index contributed by atoms with van der Waals surface area (Å²) in [5.41, 5.74) is 4.92. The van der Waals surface area contributed by atoms with Crippen LogP contribution in [0.15, 0.2) is 55.1 Å². The summed E-state index contributed by atoms with van der Waals surface area (Å²) in [4.78, 5) is 6.01. The van der Waals surface area contributed by atoms with E-state index >= 15 is 0 Å². The van der Waals surface area contributed by atoms with Crippen LogP contribution in [-0.4, -0.2) is 47.3 Å². The summed E-state index contributed by atoms with van der Waals surface area (Å²) in [6.45, 7) is 8.44. The molecule has 2 aromatic carbocycles. The van der Waals surface area contributed by atoms with E-state index < -0.39 is 5.60 Å². The highest BCUT2D eigenvalue weighted by atomic mass is 16.5. The number of piperidine rings is 1. The third-order valence-corrected chi connectivity index (χ3v) is 7.34. The summed E-state index contributed by atoms with van der Waals surface area (Å²) in [7, 11) is 1.70. The molecule has 2 aliphatic rings. The van der Waals surface area contributed by atoms with Gasteiger partial charge in [0.2, 0.25) is 0 Å². The third-order valence-electron chi connectivity index (χ3n) is 7.34. The number of aromatic nitrogens is 1. The molecule has 0 radical (unpaired) electrons. The number of rotatable bonds is 4. The van der Waals surface area contributed by atoms with Crippen LogP contribution in [-0.2, 0) is 18.3 Å². The number of hydrogen-bond acceptors (Lipinski definition) is 3. The smallest absolute Gasteiger partial charge is 0.119 e. The predicted molar refractivity (Wildman–Crippen MR) is 121 cm³/mol. The Hall–Kier alpha value is -2.56. The van der Waals surface area contributed by atoms with E-state index in [9.17, 15) is 5.11 Å². The molecule has 2 N–H and O–H groups in total. The molecule has 2 heterocycles. The van der Waals surface area contributed by atoms with Crippen molar-refractivity contribution in [2.24, 2.45) is 0 Å². The van der Waals surface area contributed by atoms with Gasteiger partial charge in [0.25, 0.3) is 0 Å². The fraction of sp³-hybridized carbons (Fsp3) is 0.385. The minimum absolute atomic E-state index is 0.345. The van der Waals surface area contributed by atoms with Crippen molar-refractivity contribution in [2.45, 2.75) is 37.2 Å². The highest BCUT2D eigenvalue weighted by molar-refractivity contribution is 5.86. The molecule has 0 saturated carbocycles. The number of hydrogen-bond donors (Lipinski definition) is 2. The molecule has 5 rings (SSSR count). The number of nitrogens with zero attached hydrogens (tertiary/aromatic N) is 1. The lowest BCUT2D eigenvalue weighted by Crippen LogP contribution is -2.66. The van der Waals surface area contributed by atoms with E-state index in [-0.39, 0.29) is 5.41 Å². The van der Waals surface area contributed by atoms with Crippen molar-refractivity contribution in [3.8, 4) is 5.75 Å². The van der Waals surface area contributed by atoms with Gasteiger partial charge in [0.15, 0.2) is 0 Å². The largest absolute Gasteiger partial charge is 0.497 e. The van der Waals surface area contributed by atoms with Crippen LogP contribution >= 0.6 is 0 Å². The number of H-pyrrole nitrogens is 1. The van der Waals surface area contributed by atoms with Gasteiger partial charge in [-0.05, 0) is 55.3 Å². The molecule has 1 aliphatic carbocycles. The monoisotopic (exact) mass is 402 g/mol. The molecule has 2 atom stereocenters. The molecule has 0 bridgehead atoms. The number of aromatic amines is 1. The molecule has 4 nitrogen and oxygen atoms in total. The normalized spacial score (nSPS) is 26.2. The van der Waals surface area contributed by atoms with Gasteiger partial charge in [-0.3, -0.25) is 4.90 Å². The van der Waals surface area contributed by atoms with E-state index in [1.807, 2.05) is 18.2 Å². The molecule has 2 unspecified atom stereocenters. The number of fused-ring (bicyclic) bond motifs is 4. The lowest BCUT2D eigenvalue weighted by Gasteiger charge is -2.56. The number of ether oxygens (including phenoxy) is 1. The summed E-state index contributed by atoms with van der Waals surface area (Å²) >= 11 is 0. The average Bonchev–Trinajstić information content (AvgIpc) is 3.07. The second-order valence-electron chi connectivity index (χ2n) is 9.10. The van der Waals surface area contributed by atoms with Gasteiger partial charge < -0.3 is 14.8 Å². The van der Waals surface area contributed by atoms with Crippen LogP contribution in [0.1, 0.15) is 28.8 Å². The molecule has 0 spiro atoms. The van der Waals surface area contributed by atoms with Crippen LogP contribution in [0.5, 0.6) is 5.75 Å². The third kappa shape index (κ3) is 2.82. The first-order valence-electron chi connectivity index (χ1n) is 10.8. The SMILES string of the molecule is C=CCN1CCC2(c3cccc(OC)c3)Cc3[nH]c4ccc(C)cc4c3CC2(O)C1. The van der Waals surface area contributed by atoms with Gasteiger partial charge in [-0.15, -0.1) is 6.58 Å². The predicted octanol–water partition coefficient (Wildman–Crippen LogP) is 4.14. The molecule has 0 amide bonds. The molecular formula is C26H30N2O2. The van der Waals surface area contributed by atoms with Gasteiger partial charge in [0.1, 0.15) is 5.75 Å². The summed E-state index contributed by atoms with van der Waals surface area (Å²) in [6, 6.07) is 14.9. The van der Waals surface area contributed by atoms with Crippen molar-refractivity contribution in [2.75, 3.05) is 26.7 Å². The van der Waals surface area contributed by atoms with Crippen molar-refractivity contribution < 1.29 is 9.84 Å². The molecule has 1 aliphatic heterocycles. The number of likely N-dealkylation sites (tertiary alicyclic amines) is 1. The fourth-order valence-corrected chi connectivity index (χ4v) is 5.80. The van der Waals surface area contributed by atoms with Crippen molar-refractivity contribution >= 4 is 10.9 Å². The van der Waals surface area contributed by atoms with Crippen LogP contribution in [0.4, 0.5) is 0 Å². The average molecular weight is 403 g/mol. The van der Waals surface area contributed by atoms with Crippen molar-refractivity contribution in [3.63, 3.8) is 0 Å². The minimum atomic E-state index is -0.855. The number of β-amino-alcohol motifs (C(OH)–C–C–N with tert-alkyl or cyclic N) is 1. The Bertz CT molecular complexity index is 1120. The molecule has 30 heavy (non-hydrogen) atoms. The highest BCUT2D eigenvalue weighted by Crippen LogP contribution is 2.51. The Morgan fingerprint density at radius 1 is 1.23 bits per heavy atom. The second kappa shape index (κ2) is 7.00. The maximum Gasteiger partial charge on any atom is 0.119 e. The molecule has 1 fully saturated rings. The van der Waals surface area contributed by atoms with Crippen LogP contribution in [0.2, 0.25) is 0 Å². The quantitative estimate of drug-likeness (QED) is 0.645. The Labute approximate surface area is 178 Å². The number of methoxy groups -OCH3 is 1. The van der Waals surface area contributed by atoms with Gasteiger partial charge in [0.05, 0.1) is 12.7 Å². The molecule has 3 aromatic rings. The van der Waals surface area contributed by atoms with E-state index in [4.69, 9.17) is 4.74 Å². The number of benzene rings is 2. The topological polar surface area (TPSA) is 48.5 Å². The second-order valence-corrected chi connectivity index (χ2v) is 9.10. The first-order valence-corrected chi connectivity index (χ1v) is 10.8. The lowest BCUT2D eigenvalue weighted by molar-refractivity contribution is -0.100. The first kappa shape index (κ1) is 19.4. The van der Waals surface area contributed by atoms with Gasteiger partial charge in [0, 0.05) is 47.9 Å². The van der Waals surface area contributed by atoms with Gasteiger partial charge in [-0.1, -0.05) is 29.8 Å². The van der Waals surface area contributed by atoms with E-state index in [2.05, 4.69) is 53.7 Å². The zero-order chi connectivity index (χ0) is 20.9. The summed E-state index contributed by atoms with van der Waals surface area (Å²) < 4.78 is 5.53. The molecule has 4 heteroatoms. The zero-order valence-corrected chi connectivity index (χ0v) is 17.9. The summed E-state index contributed by atoms with van der Waals surface area (Å²) in [5.74, 6) is 0.843. The van der Waals surface area contributed by atoms with Gasteiger partial charge in [-0.25, -0.2) is 0 Å². The Morgan fingerprint density at radius 3 is 2.90 bits per heavy atom. The molecule has 1 aromatic heterocycles. The molecule has 156 valence electrons. The Morgan fingerprint density at radius 2 is 2.10 bits per heavy atom. The maximum atomic E-state index is 12.3. The summed E-state index contributed by atoms with van der Waals surface area (Å²) in [6.07, 6.45) is 4.29. The van der Waals surface area contributed by atoms with E-state index in [1.165, 1.54) is 27.8 Å².